The van der Waals surface area contributed by atoms with Gasteiger partial charge in [0.1, 0.15) is 0 Å². The second-order valence-electron chi connectivity index (χ2n) is 4.23. The van der Waals surface area contributed by atoms with Gasteiger partial charge in [-0.1, -0.05) is 11.8 Å². The van der Waals surface area contributed by atoms with Crippen molar-refractivity contribution in [2.24, 2.45) is 5.73 Å². The monoisotopic (exact) mass is 296 g/mol. The molecule has 0 saturated heterocycles. The van der Waals surface area contributed by atoms with E-state index in [4.69, 9.17) is 10.5 Å². The molecule has 0 spiro atoms. The minimum absolute atomic E-state index is 0.241. The minimum Gasteiger partial charge on any atom is -0.385 e. The molecule has 0 aliphatic rings. The zero-order chi connectivity index (χ0) is 15.0. The summed E-state index contributed by atoms with van der Waals surface area (Å²) >= 11 is 0. The molecule has 1 rings (SSSR count). The number of hydrogen-bond acceptors (Lipinski definition) is 4. The number of nitrogens with two attached hydrogens (primary N) is 1. The molecular formula is C14H20N2O3S. The van der Waals surface area contributed by atoms with Crippen LogP contribution < -0.4 is 10.5 Å². The Morgan fingerprint density at radius 3 is 2.75 bits per heavy atom. The molecule has 1 aromatic rings. The fraction of sp³-hybridized carbons (Fsp3) is 0.429. The van der Waals surface area contributed by atoms with E-state index >= 15 is 0 Å². The van der Waals surface area contributed by atoms with Crippen molar-refractivity contribution in [2.75, 3.05) is 26.8 Å². The van der Waals surface area contributed by atoms with Crippen LogP contribution in [-0.4, -0.2) is 35.2 Å². The van der Waals surface area contributed by atoms with E-state index in [0.29, 0.717) is 19.6 Å². The lowest BCUT2D eigenvalue weighted by molar-refractivity contribution is 0.196. The molecule has 0 aromatic heterocycles. The summed E-state index contributed by atoms with van der Waals surface area (Å²) in [6.45, 7) is 2.98. The van der Waals surface area contributed by atoms with Gasteiger partial charge in [0.25, 0.3) is 0 Å². The van der Waals surface area contributed by atoms with Gasteiger partial charge in [0, 0.05) is 25.8 Å². The van der Waals surface area contributed by atoms with Gasteiger partial charge in [-0.05, 0) is 37.1 Å². The fourth-order valence-electron chi connectivity index (χ4n) is 1.60. The Morgan fingerprint density at radius 2 is 2.15 bits per heavy atom. The molecule has 0 radical (unpaired) electrons. The number of aryl methyl sites for hydroxylation is 1. The fourth-order valence-corrected chi connectivity index (χ4v) is 2.76. The molecule has 0 heterocycles. The van der Waals surface area contributed by atoms with Crippen molar-refractivity contribution in [1.29, 1.82) is 0 Å². The Kier molecular flexibility index (Phi) is 6.68. The van der Waals surface area contributed by atoms with Gasteiger partial charge in [0.2, 0.25) is 10.0 Å². The van der Waals surface area contributed by atoms with Gasteiger partial charge in [-0.15, -0.1) is 0 Å². The first-order valence-electron chi connectivity index (χ1n) is 6.29. The number of methoxy groups -OCH3 is 1. The van der Waals surface area contributed by atoms with Crippen LogP contribution in [0.5, 0.6) is 0 Å². The van der Waals surface area contributed by atoms with E-state index < -0.39 is 10.0 Å². The Labute approximate surface area is 120 Å². The van der Waals surface area contributed by atoms with Crippen molar-refractivity contribution in [3.05, 3.63) is 29.3 Å². The van der Waals surface area contributed by atoms with Crippen LogP contribution in [0.3, 0.4) is 0 Å². The summed E-state index contributed by atoms with van der Waals surface area (Å²) < 4.78 is 31.5. The molecule has 110 valence electrons. The van der Waals surface area contributed by atoms with Crippen LogP contribution in [0.25, 0.3) is 0 Å². The van der Waals surface area contributed by atoms with Crippen LogP contribution >= 0.6 is 0 Å². The van der Waals surface area contributed by atoms with Crippen LogP contribution in [0.2, 0.25) is 0 Å². The molecule has 0 aliphatic heterocycles. The summed E-state index contributed by atoms with van der Waals surface area (Å²) in [6, 6.07) is 4.85. The first-order valence-corrected chi connectivity index (χ1v) is 7.78. The molecule has 3 N–H and O–H groups in total. The Bertz CT molecular complexity index is 601. The highest BCUT2D eigenvalue weighted by Crippen LogP contribution is 2.14. The number of sulfonamides is 1. The highest BCUT2D eigenvalue weighted by atomic mass is 32.2. The quantitative estimate of drug-likeness (QED) is 0.595. The number of ether oxygens (including phenoxy) is 1. The van der Waals surface area contributed by atoms with Crippen LogP contribution in [0.15, 0.2) is 23.1 Å². The van der Waals surface area contributed by atoms with Crippen LogP contribution in [0.1, 0.15) is 17.5 Å². The third kappa shape index (κ3) is 4.94. The van der Waals surface area contributed by atoms with E-state index in [2.05, 4.69) is 16.6 Å². The smallest absolute Gasteiger partial charge is 0.240 e. The van der Waals surface area contributed by atoms with E-state index in [0.717, 1.165) is 11.1 Å². The average Bonchev–Trinajstić information content (AvgIpc) is 2.42. The summed E-state index contributed by atoms with van der Waals surface area (Å²) in [5.74, 6) is 5.66. The van der Waals surface area contributed by atoms with Crippen LogP contribution in [-0.2, 0) is 14.8 Å². The molecule has 0 aliphatic carbocycles. The molecule has 1 aromatic carbocycles. The van der Waals surface area contributed by atoms with Gasteiger partial charge < -0.3 is 10.5 Å². The predicted octanol–water partition coefficient (Wildman–Crippen LogP) is 0.620. The third-order valence-corrected chi connectivity index (χ3v) is 4.11. The molecule has 20 heavy (non-hydrogen) atoms. The van der Waals surface area contributed by atoms with Crippen molar-refractivity contribution in [3.8, 4) is 11.8 Å². The number of nitrogens with one attached hydrogen (secondary N) is 1. The average molecular weight is 296 g/mol. The maximum absolute atomic E-state index is 12.1. The lowest BCUT2D eigenvalue weighted by atomic mass is 10.1. The van der Waals surface area contributed by atoms with Gasteiger partial charge in [-0.25, -0.2) is 13.1 Å². The van der Waals surface area contributed by atoms with E-state index in [-0.39, 0.29) is 11.4 Å². The largest absolute Gasteiger partial charge is 0.385 e. The molecule has 5 nitrogen and oxygen atoms in total. The summed E-state index contributed by atoms with van der Waals surface area (Å²) in [5.41, 5.74) is 6.91. The number of rotatable bonds is 6. The SMILES string of the molecule is COCCCNS(=O)(=O)c1ccc(C#CCN)c(C)c1. The molecule has 0 unspecified atom stereocenters. The minimum atomic E-state index is -3.48. The Hall–Kier alpha value is -1.39. The van der Waals surface area contributed by atoms with Crippen LogP contribution in [0.4, 0.5) is 0 Å². The lowest BCUT2D eigenvalue weighted by Gasteiger charge is -2.08. The molecule has 0 atom stereocenters. The zero-order valence-electron chi connectivity index (χ0n) is 11.8. The molecule has 0 amide bonds. The third-order valence-electron chi connectivity index (χ3n) is 2.65. The maximum atomic E-state index is 12.1. The molecule has 6 heteroatoms. The van der Waals surface area contributed by atoms with Gasteiger partial charge >= 0.3 is 0 Å². The van der Waals surface area contributed by atoms with E-state index in [1.807, 2.05) is 6.92 Å². The Balaban J connectivity index is 2.83. The normalized spacial score (nSPS) is 10.9. The maximum Gasteiger partial charge on any atom is 0.240 e. The van der Waals surface area contributed by atoms with Crippen molar-refractivity contribution in [1.82, 2.24) is 4.72 Å². The van der Waals surface area contributed by atoms with Gasteiger partial charge in [-0.3, -0.25) is 0 Å². The van der Waals surface area contributed by atoms with Gasteiger partial charge in [-0.2, -0.15) is 0 Å². The van der Waals surface area contributed by atoms with Crippen LogP contribution in [0, 0.1) is 18.8 Å². The zero-order valence-corrected chi connectivity index (χ0v) is 12.6. The van der Waals surface area contributed by atoms with E-state index in [1.54, 1.807) is 25.3 Å². The summed E-state index contributed by atoms with van der Waals surface area (Å²) in [7, 11) is -1.90. The molecule has 0 bridgehead atoms. The summed E-state index contributed by atoms with van der Waals surface area (Å²) in [4.78, 5) is 0.241. The van der Waals surface area contributed by atoms with Crippen molar-refractivity contribution < 1.29 is 13.2 Å². The Morgan fingerprint density at radius 1 is 1.40 bits per heavy atom. The summed E-state index contributed by atoms with van der Waals surface area (Å²) in [5, 5.41) is 0. The second kappa shape index (κ2) is 8.02. The van der Waals surface area contributed by atoms with Gasteiger partial charge in [0.15, 0.2) is 0 Å². The predicted molar refractivity (Wildman–Crippen MR) is 78.8 cm³/mol. The van der Waals surface area contributed by atoms with E-state index in [1.165, 1.54) is 0 Å². The highest BCUT2D eigenvalue weighted by molar-refractivity contribution is 7.89. The molecular weight excluding hydrogens is 276 g/mol. The number of benzene rings is 1. The molecule has 0 saturated carbocycles. The summed E-state index contributed by atoms with van der Waals surface area (Å²) in [6.07, 6.45) is 0.634. The molecule has 0 fully saturated rings. The second-order valence-corrected chi connectivity index (χ2v) is 5.99. The topological polar surface area (TPSA) is 81.4 Å². The first kappa shape index (κ1) is 16.7. The van der Waals surface area contributed by atoms with Gasteiger partial charge in [0.05, 0.1) is 11.4 Å². The van der Waals surface area contributed by atoms with Crippen molar-refractivity contribution in [2.45, 2.75) is 18.2 Å². The number of hydrogen-bond donors (Lipinski definition) is 2. The standard InChI is InChI=1S/C14H20N2O3S/c1-12-11-14(7-6-13(12)5-3-8-15)20(17,18)16-9-4-10-19-2/h6-7,11,16H,4,8-10,15H2,1-2H3. The first-order chi connectivity index (χ1) is 9.51. The van der Waals surface area contributed by atoms with Crippen molar-refractivity contribution in [3.63, 3.8) is 0 Å². The van der Waals surface area contributed by atoms with Crippen molar-refractivity contribution >= 4 is 10.0 Å². The van der Waals surface area contributed by atoms with E-state index in [9.17, 15) is 8.42 Å². The lowest BCUT2D eigenvalue weighted by Crippen LogP contribution is -2.25. The highest BCUT2D eigenvalue weighted by Gasteiger charge is 2.13.